The molecule has 38 heavy (non-hydrogen) atoms. The van der Waals surface area contributed by atoms with Crippen LogP contribution in [0.5, 0.6) is 5.75 Å². The van der Waals surface area contributed by atoms with Gasteiger partial charge in [0, 0.05) is 23.2 Å². The van der Waals surface area contributed by atoms with Gasteiger partial charge < -0.3 is 19.5 Å². The van der Waals surface area contributed by atoms with E-state index >= 15 is 0 Å². The first-order chi connectivity index (χ1) is 18.3. The number of benzene rings is 3. The van der Waals surface area contributed by atoms with Crippen molar-refractivity contribution >= 4 is 35.1 Å². The van der Waals surface area contributed by atoms with Gasteiger partial charge in [0.25, 0.3) is 0 Å². The van der Waals surface area contributed by atoms with Crippen LogP contribution in [0.3, 0.4) is 0 Å². The normalized spacial score (nSPS) is 11.1. The molecule has 3 aromatic rings. The molecule has 1 atom stereocenters. The van der Waals surface area contributed by atoms with Crippen LogP contribution < -0.4 is 10.1 Å². The second-order valence-corrected chi connectivity index (χ2v) is 8.22. The Hall–Kier alpha value is -4.79. The van der Waals surface area contributed by atoms with Crippen LogP contribution in [0, 0.1) is 0 Å². The topological polar surface area (TPSA) is 125 Å². The quantitative estimate of drug-likeness (QED) is 0.279. The van der Waals surface area contributed by atoms with Gasteiger partial charge in [0.2, 0.25) is 11.7 Å². The molecule has 0 unspecified atom stereocenters. The summed E-state index contributed by atoms with van der Waals surface area (Å²) in [6.07, 6.45) is -1.33. The Balaban J connectivity index is 1.41. The summed E-state index contributed by atoms with van der Waals surface area (Å²) in [5.74, 6) is -2.00. The first-order valence-electron chi connectivity index (χ1n) is 11.8. The molecule has 0 aliphatic heterocycles. The lowest BCUT2D eigenvalue weighted by atomic mass is 10.1. The fourth-order valence-corrected chi connectivity index (χ4v) is 3.35. The minimum atomic E-state index is -0.963. The van der Waals surface area contributed by atoms with Crippen LogP contribution in [-0.4, -0.2) is 49.2 Å². The zero-order valence-electron chi connectivity index (χ0n) is 21.0. The Bertz CT molecular complexity index is 1300. The Morgan fingerprint density at radius 2 is 1.47 bits per heavy atom. The van der Waals surface area contributed by atoms with Crippen LogP contribution in [-0.2, 0) is 19.1 Å². The number of methoxy groups -OCH3 is 1. The molecule has 9 heteroatoms. The molecule has 0 fully saturated rings. The molecule has 3 aromatic carbocycles. The van der Waals surface area contributed by atoms with Gasteiger partial charge in [-0.25, -0.2) is 4.79 Å². The molecule has 196 valence electrons. The molecule has 0 heterocycles. The third kappa shape index (κ3) is 8.12. The van der Waals surface area contributed by atoms with Gasteiger partial charge in [-0.1, -0.05) is 42.5 Å². The molecule has 3 rings (SSSR count). The summed E-state index contributed by atoms with van der Waals surface area (Å²) in [7, 11) is 1.48. The van der Waals surface area contributed by atoms with Gasteiger partial charge in [-0.3, -0.25) is 19.2 Å². The Morgan fingerprint density at radius 1 is 0.789 bits per heavy atom. The smallest absolute Gasteiger partial charge is 0.338 e. The van der Waals surface area contributed by atoms with E-state index < -0.39 is 30.6 Å². The van der Waals surface area contributed by atoms with Crippen LogP contribution in [0.25, 0.3) is 0 Å². The summed E-state index contributed by atoms with van der Waals surface area (Å²) in [6, 6.07) is 20.9. The highest BCUT2D eigenvalue weighted by Gasteiger charge is 2.20. The van der Waals surface area contributed by atoms with E-state index in [0.29, 0.717) is 22.6 Å². The Morgan fingerprint density at radius 3 is 2.16 bits per heavy atom. The summed E-state index contributed by atoms with van der Waals surface area (Å²) in [6.45, 7) is 1.06. The van der Waals surface area contributed by atoms with Gasteiger partial charge in [0.15, 0.2) is 18.5 Å². The number of amides is 1. The van der Waals surface area contributed by atoms with Crippen molar-refractivity contribution in [3.63, 3.8) is 0 Å². The van der Waals surface area contributed by atoms with Crippen LogP contribution in [0.2, 0.25) is 0 Å². The summed E-state index contributed by atoms with van der Waals surface area (Å²) < 4.78 is 15.3. The predicted molar refractivity (Wildman–Crippen MR) is 138 cm³/mol. The minimum Gasteiger partial charge on any atom is -0.497 e. The number of nitrogens with one attached hydrogen (secondary N) is 1. The number of rotatable bonds is 12. The van der Waals surface area contributed by atoms with Crippen molar-refractivity contribution < 1.29 is 38.2 Å². The molecule has 0 saturated carbocycles. The maximum Gasteiger partial charge on any atom is 0.338 e. The molecule has 0 aliphatic rings. The molecule has 1 amide bonds. The zero-order valence-corrected chi connectivity index (χ0v) is 21.0. The number of anilines is 1. The van der Waals surface area contributed by atoms with Crippen LogP contribution in [0.1, 0.15) is 50.8 Å². The fourth-order valence-electron chi connectivity index (χ4n) is 3.35. The van der Waals surface area contributed by atoms with Gasteiger partial charge in [-0.2, -0.15) is 0 Å². The number of carbonyl (C=O) groups is 5. The van der Waals surface area contributed by atoms with E-state index in [0.717, 1.165) is 0 Å². The van der Waals surface area contributed by atoms with E-state index in [1.807, 2.05) is 0 Å². The first-order valence-corrected chi connectivity index (χ1v) is 11.8. The third-order valence-electron chi connectivity index (χ3n) is 5.43. The van der Waals surface area contributed by atoms with Gasteiger partial charge in [0.1, 0.15) is 5.75 Å². The second kappa shape index (κ2) is 13.5. The van der Waals surface area contributed by atoms with Crippen molar-refractivity contribution in [3.05, 3.63) is 95.6 Å². The molecule has 0 radical (unpaired) electrons. The maximum atomic E-state index is 12.4. The molecule has 0 aliphatic carbocycles. The highest BCUT2D eigenvalue weighted by molar-refractivity contribution is 6.01. The van der Waals surface area contributed by atoms with Crippen molar-refractivity contribution in [1.82, 2.24) is 0 Å². The molecular weight excluding hydrogens is 490 g/mol. The van der Waals surface area contributed by atoms with Crippen LogP contribution in [0.4, 0.5) is 5.69 Å². The van der Waals surface area contributed by atoms with E-state index in [-0.39, 0.29) is 30.0 Å². The molecule has 1 N–H and O–H groups in total. The van der Waals surface area contributed by atoms with Crippen molar-refractivity contribution in [2.75, 3.05) is 19.0 Å². The average molecular weight is 518 g/mol. The number of hydrogen-bond donors (Lipinski definition) is 1. The van der Waals surface area contributed by atoms with Crippen LogP contribution >= 0.6 is 0 Å². The fraction of sp³-hybridized carbons (Fsp3) is 0.207. The zero-order chi connectivity index (χ0) is 27.5. The lowest BCUT2D eigenvalue weighted by Crippen LogP contribution is -2.24. The molecule has 0 bridgehead atoms. The summed E-state index contributed by atoms with van der Waals surface area (Å²) in [4.78, 5) is 61.1. The van der Waals surface area contributed by atoms with Crippen molar-refractivity contribution in [3.8, 4) is 5.75 Å². The number of hydrogen-bond acceptors (Lipinski definition) is 8. The van der Waals surface area contributed by atoms with E-state index in [1.54, 1.807) is 54.6 Å². The lowest BCUT2D eigenvalue weighted by Gasteiger charge is -2.12. The summed E-state index contributed by atoms with van der Waals surface area (Å²) >= 11 is 0. The lowest BCUT2D eigenvalue weighted by molar-refractivity contribution is -0.143. The minimum absolute atomic E-state index is 0.158. The number of carbonyl (C=O) groups excluding carboxylic acids is 5. The van der Waals surface area contributed by atoms with E-state index in [1.165, 1.54) is 38.3 Å². The number of ether oxygens (including phenoxy) is 3. The molecule has 9 nitrogen and oxygen atoms in total. The third-order valence-corrected chi connectivity index (χ3v) is 5.43. The molecule has 0 spiro atoms. The first kappa shape index (κ1) is 27.8. The Kier molecular flexibility index (Phi) is 9.87. The molecule has 0 aromatic heterocycles. The van der Waals surface area contributed by atoms with Gasteiger partial charge >= 0.3 is 11.9 Å². The average Bonchev–Trinajstić information content (AvgIpc) is 2.95. The standard InChI is InChI=1S/C29H27NO8/c1-19(28(34)20-7-4-3-5-8-20)38-29(35)21-11-13-23(14-12-21)30-26(32)15-16-27(33)37-18-25(31)22-9-6-10-24(17-22)36-2/h3-14,17,19H,15-16,18H2,1-2H3,(H,30,32)/t19-/m1/s1. The van der Waals surface area contributed by atoms with E-state index in [4.69, 9.17) is 14.2 Å². The van der Waals surface area contributed by atoms with Gasteiger partial charge in [-0.05, 0) is 43.3 Å². The predicted octanol–water partition coefficient (Wildman–Crippen LogP) is 4.27. The SMILES string of the molecule is COc1cccc(C(=O)COC(=O)CCC(=O)Nc2ccc(C(=O)O[C@H](C)C(=O)c3ccccc3)cc2)c1. The van der Waals surface area contributed by atoms with E-state index in [2.05, 4.69) is 5.32 Å². The number of esters is 2. The Labute approximate surface area is 219 Å². The highest BCUT2D eigenvalue weighted by Crippen LogP contribution is 2.15. The van der Waals surface area contributed by atoms with Crippen molar-refractivity contribution in [2.45, 2.75) is 25.9 Å². The van der Waals surface area contributed by atoms with Gasteiger partial charge in [0.05, 0.1) is 19.1 Å². The van der Waals surface area contributed by atoms with E-state index in [9.17, 15) is 24.0 Å². The number of Topliss-reactive ketones (excluding diaryl/α,β-unsaturated/α-hetero) is 2. The summed E-state index contributed by atoms with van der Waals surface area (Å²) in [5.41, 5.74) is 1.40. The largest absolute Gasteiger partial charge is 0.497 e. The second-order valence-electron chi connectivity index (χ2n) is 8.22. The van der Waals surface area contributed by atoms with Gasteiger partial charge in [-0.15, -0.1) is 0 Å². The molecule has 0 saturated heterocycles. The highest BCUT2D eigenvalue weighted by atomic mass is 16.5. The van der Waals surface area contributed by atoms with Crippen molar-refractivity contribution in [1.29, 1.82) is 0 Å². The molecular formula is C29H27NO8. The van der Waals surface area contributed by atoms with Crippen LogP contribution in [0.15, 0.2) is 78.9 Å². The monoisotopic (exact) mass is 517 g/mol. The summed E-state index contributed by atoms with van der Waals surface area (Å²) in [5, 5.41) is 2.61. The number of ketones is 2. The van der Waals surface area contributed by atoms with Crippen molar-refractivity contribution in [2.24, 2.45) is 0 Å². The maximum absolute atomic E-state index is 12.4.